The number of hydrogen-bond acceptors (Lipinski definition) is 4. The third kappa shape index (κ3) is 1.20. The van der Waals surface area contributed by atoms with Crippen LogP contribution in [0, 0.1) is 0 Å². The van der Waals surface area contributed by atoms with Crippen molar-refractivity contribution in [3.05, 3.63) is 40.4 Å². The van der Waals surface area contributed by atoms with Crippen LogP contribution in [0.15, 0.2) is 29.1 Å². The second-order valence-electron chi connectivity index (χ2n) is 3.37. The van der Waals surface area contributed by atoms with E-state index in [0.29, 0.717) is 22.6 Å². The molecule has 1 atom stereocenters. The van der Waals surface area contributed by atoms with E-state index in [4.69, 9.17) is 0 Å². The maximum atomic E-state index is 12.0. The Labute approximate surface area is 89.6 Å². The lowest BCUT2D eigenvalue weighted by Gasteiger charge is -2.04. The lowest BCUT2D eigenvalue weighted by molar-refractivity contribution is 0.261. The highest BCUT2D eigenvalue weighted by molar-refractivity contribution is 7.98. The lowest BCUT2D eigenvalue weighted by Crippen LogP contribution is -2.21. The molecule has 1 aromatic carbocycles. The van der Waals surface area contributed by atoms with Crippen molar-refractivity contribution in [1.82, 2.24) is 9.55 Å². The number of hydrogen-bond donors (Lipinski definition) is 1. The van der Waals surface area contributed by atoms with Gasteiger partial charge in [-0.05, 0) is 12.1 Å². The van der Waals surface area contributed by atoms with Gasteiger partial charge >= 0.3 is 0 Å². The van der Waals surface area contributed by atoms with Gasteiger partial charge in [-0.3, -0.25) is 9.36 Å². The second-order valence-corrected chi connectivity index (χ2v) is 4.41. The first-order valence-corrected chi connectivity index (χ1v) is 5.61. The van der Waals surface area contributed by atoms with Crippen LogP contribution in [-0.4, -0.2) is 14.7 Å². The molecule has 5 heteroatoms. The molecule has 15 heavy (non-hydrogen) atoms. The summed E-state index contributed by atoms with van der Waals surface area (Å²) in [5, 5.41) is 10.2. The molecule has 0 bridgehead atoms. The molecule has 4 nitrogen and oxygen atoms in total. The third-order valence-electron chi connectivity index (χ3n) is 2.47. The van der Waals surface area contributed by atoms with Gasteiger partial charge in [-0.1, -0.05) is 12.1 Å². The van der Waals surface area contributed by atoms with Gasteiger partial charge < -0.3 is 5.11 Å². The fraction of sp³-hybridized carbons (Fsp3) is 0.200. The van der Waals surface area contributed by atoms with Gasteiger partial charge in [0.1, 0.15) is 0 Å². The van der Waals surface area contributed by atoms with E-state index in [2.05, 4.69) is 4.98 Å². The fourth-order valence-electron chi connectivity index (χ4n) is 1.72. The van der Waals surface area contributed by atoms with Crippen LogP contribution in [0.3, 0.4) is 0 Å². The summed E-state index contributed by atoms with van der Waals surface area (Å²) in [4.78, 5) is 16.3. The summed E-state index contributed by atoms with van der Waals surface area (Å²) in [5.74, 6) is 0.941. The molecule has 1 unspecified atom stereocenters. The number of nitrogens with zero attached hydrogens (tertiary/aromatic N) is 2. The third-order valence-corrected chi connectivity index (χ3v) is 3.41. The first-order chi connectivity index (χ1) is 7.27. The van der Waals surface area contributed by atoms with Crippen molar-refractivity contribution in [2.75, 3.05) is 0 Å². The highest BCUT2D eigenvalue weighted by Crippen LogP contribution is 2.32. The van der Waals surface area contributed by atoms with Crippen LogP contribution in [-0.2, 0) is 5.88 Å². The predicted molar refractivity (Wildman–Crippen MR) is 58.6 cm³/mol. The zero-order valence-electron chi connectivity index (χ0n) is 7.75. The van der Waals surface area contributed by atoms with Gasteiger partial charge in [0.05, 0.1) is 16.8 Å². The number of aliphatic hydroxyl groups is 1. The van der Waals surface area contributed by atoms with Gasteiger partial charge in [0, 0.05) is 0 Å². The van der Waals surface area contributed by atoms with Crippen molar-refractivity contribution in [2.24, 2.45) is 0 Å². The van der Waals surface area contributed by atoms with Gasteiger partial charge in [0.25, 0.3) is 5.56 Å². The molecule has 0 aliphatic carbocycles. The van der Waals surface area contributed by atoms with E-state index >= 15 is 0 Å². The Morgan fingerprint density at radius 1 is 1.47 bits per heavy atom. The van der Waals surface area contributed by atoms with Crippen molar-refractivity contribution in [2.45, 2.75) is 11.3 Å². The van der Waals surface area contributed by atoms with Crippen LogP contribution in [0.1, 0.15) is 11.3 Å². The Kier molecular flexibility index (Phi) is 1.83. The molecule has 0 saturated heterocycles. The summed E-state index contributed by atoms with van der Waals surface area (Å²) in [6.45, 7) is 0. The molecule has 76 valence electrons. The zero-order valence-corrected chi connectivity index (χ0v) is 8.57. The minimum absolute atomic E-state index is 0.0698. The average molecular weight is 220 g/mol. The topological polar surface area (TPSA) is 55.1 Å². The molecule has 1 aliphatic rings. The number of aliphatic hydroxyl groups excluding tert-OH is 1. The fourth-order valence-corrected chi connectivity index (χ4v) is 2.59. The van der Waals surface area contributed by atoms with Gasteiger partial charge in [0.2, 0.25) is 0 Å². The Hall–Kier alpha value is -1.33. The summed E-state index contributed by atoms with van der Waals surface area (Å²) >= 11 is 1.31. The number of fused-ring (bicyclic) bond motifs is 2. The molecule has 2 aromatic rings. The Morgan fingerprint density at radius 2 is 2.27 bits per heavy atom. The Balaban J connectivity index is 2.46. The molecular formula is C10H8N2O2S. The Bertz CT molecular complexity index is 593. The normalized spacial score (nSPS) is 19.4. The first-order valence-electron chi connectivity index (χ1n) is 4.56. The SMILES string of the molecule is O=c1c2ccccc2nc2n1CSC2O. The molecule has 1 N–H and O–H groups in total. The van der Waals surface area contributed by atoms with Crippen molar-refractivity contribution < 1.29 is 5.11 Å². The van der Waals surface area contributed by atoms with Crippen molar-refractivity contribution >= 4 is 22.7 Å². The van der Waals surface area contributed by atoms with E-state index in [1.54, 1.807) is 12.1 Å². The number of aromatic nitrogens is 2. The molecule has 0 amide bonds. The van der Waals surface area contributed by atoms with E-state index in [9.17, 15) is 9.90 Å². The molecule has 3 rings (SSSR count). The largest absolute Gasteiger partial charge is 0.375 e. The zero-order chi connectivity index (χ0) is 10.4. The highest BCUT2D eigenvalue weighted by Gasteiger charge is 2.24. The number of rotatable bonds is 0. The second kappa shape index (κ2) is 3.08. The minimum Gasteiger partial charge on any atom is -0.375 e. The van der Waals surface area contributed by atoms with Gasteiger partial charge in [-0.25, -0.2) is 4.98 Å². The molecule has 0 radical (unpaired) electrons. The summed E-state index contributed by atoms with van der Waals surface area (Å²) in [6, 6.07) is 7.19. The van der Waals surface area contributed by atoms with Crippen LogP contribution in [0.5, 0.6) is 0 Å². The Morgan fingerprint density at radius 3 is 3.13 bits per heavy atom. The maximum Gasteiger partial charge on any atom is 0.262 e. The molecule has 1 aliphatic heterocycles. The summed E-state index contributed by atoms with van der Waals surface area (Å²) < 4.78 is 1.53. The van der Waals surface area contributed by atoms with Crippen molar-refractivity contribution in [1.29, 1.82) is 0 Å². The highest BCUT2D eigenvalue weighted by atomic mass is 32.2. The van der Waals surface area contributed by atoms with Crippen LogP contribution in [0.25, 0.3) is 10.9 Å². The van der Waals surface area contributed by atoms with E-state index in [1.807, 2.05) is 12.1 Å². The number of para-hydroxylation sites is 1. The van der Waals surface area contributed by atoms with E-state index in [-0.39, 0.29) is 5.56 Å². The van der Waals surface area contributed by atoms with E-state index in [1.165, 1.54) is 16.3 Å². The molecular weight excluding hydrogens is 212 g/mol. The van der Waals surface area contributed by atoms with E-state index < -0.39 is 5.44 Å². The minimum atomic E-state index is -0.678. The quantitative estimate of drug-likeness (QED) is 0.722. The molecule has 0 fully saturated rings. The van der Waals surface area contributed by atoms with Gasteiger partial charge in [-0.15, -0.1) is 11.8 Å². The molecule has 1 aromatic heterocycles. The van der Waals surface area contributed by atoms with Crippen LogP contribution in [0.4, 0.5) is 0 Å². The van der Waals surface area contributed by atoms with Crippen LogP contribution in [0.2, 0.25) is 0 Å². The van der Waals surface area contributed by atoms with Gasteiger partial charge in [0.15, 0.2) is 11.3 Å². The van der Waals surface area contributed by atoms with Crippen LogP contribution >= 0.6 is 11.8 Å². The van der Waals surface area contributed by atoms with Crippen molar-refractivity contribution in [3.63, 3.8) is 0 Å². The first kappa shape index (κ1) is 8.94. The maximum absolute atomic E-state index is 12.0. The molecule has 0 saturated carbocycles. The molecule has 2 heterocycles. The van der Waals surface area contributed by atoms with Gasteiger partial charge in [-0.2, -0.15) is 0 Å². The van der Waals surface area contributed by atoms with Crippen LogP contribution < -0.4 is 5.56 Å². The molecule has 0 spiro atoms. The number of benzene rings is 1. The lowest BCUT2D eigenvalue weighted by atomic mass is 10.2. The van der Waals surface area contributed by atoms with E-state index in [0.717, 1.165) is 0 Å². The van der Waals surface area contributed by atoms with Crippen molar-refractivity contribution in [3.8, 4) is 0 Å². The summed E-state index contributed by atoms with van der Waals surface area (Å²) in [5.41, 5.74) is -0.0998. The average Bonchev–Trinajstić information content (AvgIpc) is 2.62. The monoisotopic (exact) mass is 220 g/mol. The predicted octanol–water partition coefficient (Wildman–Crippen LogP) is 1.09. The summed E-state index contributed by atoms with van der Waals surface area (Å²) in [7, 11) is 0. The standard InChI is InChI=1S/C10H8N2O2S/c13-9-6-3-1-2-4-7(6)11-8-10(14)15-5-12(8)9/h1-4,10,14H,5H2. The summed E-state index contributed by atoms with van der Waals surface area (Å²) in [6.07, 6.45) is 0. The smallest absolute Gasteiger partial charge is 0.262 e. The number of thioether (sulfide) groups is 1.